The van der Waals surface area contributed by atoms with Crippen LogP contribution >= 0.6 is 0 Å². The quantitative estimate of drug-likeness (QED) is 0.628. The molecule has 0 aliphatic rings. The lowest BCUT2D eigenvalue weighted by Crippen LogP contribution is -1.93. The standard InChI is InChI=1S/C13H12N2O/c1-10-2-4-11(5-3-10)13(16)7-6-12-8-14-9-15-12/h2-9H,1H3,(H,14,15)/b7-6+. The summed E-state index contributed by atoms with van der Waals surface area (Å²) in [4.78, 5) is 18.5. The van der Waals surface area contributed by atoms with E-state index < -0.39 is 0 Å². The van der Waals surface area contributed by atoms with Crippen molar-refractivity contribution in [3.05, 3.63) is 59.7 Å². The van der Waals surface area contributed by atoms with Gasteiger partial charge in [-0.2, -0.15) is 0 Å². The highest BCUT2D eigenvalue weighted by Gasteiger charge is 2.00. The fourth-order valence-electron chi connectivity index (χ4n) is 1.34. The smallest absolute Gasteiger partial charge is 0.185 e. The van der Waals surface area contributed by atoms with Crippen molar-refractivity contribution in [2.75, 3.05) is 0 Å². The number of nitrogens with zero attached hydrogens (tertiary/aromatic N) is 1. The zero-order valence-corrected chi connectivity index (χ0v) is 8.97. The van der Waals surface area contributed by atoms with Crippen LogP contribution in [0.15, 0.2) is 42.9 Å². The van der Waals surface area contributed by atoms with E-state index in [1.807, 2.05) is 31.2 Å². The molecule has 3 heteroatoms. The van der Waals surface area contributed by atoms with Gasteiger partial charge in [0.05, 0.1) is 18.2 Å². The van der Waals surface area contributed by atoms with Crippen molar-refractivity contribution in [3.63, 3.8) is 0 Å². The van der Waals surface area contributed by atoms with Gasteiger partial charge in [-0.05, 0) is 19.1 Å². The summed E-state index contributed by atoms with van der Waals surface area (Å²) in [5.74, 6) is -0.00500. The Labute approximate surface area is 93.8 Å². The van der Waals surface area contributed by atoms with Crippen LogP contribution in [0.25, 0.3) is 6.08 Å². The van der Waals surface area contributed by atoms with E-state index in [1.165, 1.54) is 6.08 Å². The van der Waals surface area contributed by atoms with Gasteiger partial charge in [0.15, 0.2) is 5.78 Å². The van der Waals surface area contributed by atoms with Crippen LogP contribution in [-0.2, 0) is 0 Å². The van der Waals surface area contributed by atoms with Gasteiger partial charge in [0.25, 0.3) is 0 Å². The third-order valence-electron chi connectivity index (χ3n) is 2.27. The van der Waals surface area contributed by atoms with Crippen molar-refractivity contribution in [2.24, 2.45) is 0 Å². The number of aryl methyl sites for hydroxylation is 1. The predicted molar refractivity (Wildman–Crippen MR) is 63.1 cm³/mol. The van der Waals surface area contributed by atoms with Crippen LogP contribution < -0.4 is 0 Å². The summed E-state index contributed by atoms with van der Waals surface area (Å²) in [6, 6.07) is 7.51. The van der Waals surface area contributed by atoms with Crippen molar-refractivity contribution in [1.29, 1.82) is 0 Å². The minimum atomic E-state index is -0.00500. The van der Waals surface area contributed by atoms with Crippen LogP contribution in [-0.4, -0.2) is 15.8 Å². The molecule has 3 nitrogen and oxygen atoms in total. The lowest BCUT2D eigenvalue weighted by Gasteiger charge is -1.96. The molecule has 0 unspecified atom stereocenters. The van der Waals surface area contributed by atoms with E-state index in [1.54, 1.807) is 18.6 Å². The van der Waals surface area contributed by atoms with Crippen LogP contribution in [0.4, 0.5) is 0 Å². The first kappa shape index (κ1) is 10.4. The normalized spacial score (nSPS) is 10.8. The zero-order chi connectivity index (χ0) is 11.4. The summed E-state index contributed by atoms with van der Waals surface area (Å²) < 4.78 is 0. The number of carbonyl (C=O) groups excluding carboxylic acids is 1. The van der Waals surface area contributed by atoms with E-state index in [-0.39, 0.29) is 5.78 Å². The fourth-order valence-corrected chi connectivity index (χ4v) is 1.34. The van der Waals surface area contributed by atoms with E-state index in [9.17, 15) is 4.79 Å². The maximum absolute atomic E-state index is 11.7. The zero-order valence-electron chi connectivity index (χ0n) is 8.97. The first-order valence-corrected chi connectivity index (χ1v) is 5.03. The molecule has 2 rings (SSSR count). The van der Waals surface area contributed by atoms with Crippen molar-refractivity contribution in [3.8, 4) is 0 Å². The second-order valence-corrected chi connectivity index (χ2v) is 3.57. The minimum absolute atomic E-state index is 0.00500. The molecule has 0 aliphatic carbocycles. The van der Waals surface area contributed by atoms with Gasteiger partial charge in [0.2, 0.25) is 0 Å². The molecule has 0 spiro atoms. The van der Waals surface area contributed by atoms with E-state index in [0.717, 1.165) is 11.3 Å². The van der Waals surface area contributed by atoms with E-state index in [4.69, 9.17) is 0 Å². The monoisotopic (exact) mass is 212 g/mol. The highest BCUT2D eigenvalue weighted by molar-refractivity contribution is 6.06. The average molecular weight is 212 g/mol. The van der Waals surface area contributed by atoms with Gasteiger partial charge >= 0.3 is 0 Å². The molecule has 1 aromatic heterocycles. The first-order chi connectivity index (χ1) is 7.75. The van der Waals surface area contributed by atoms with Crippen LogP contribution in [0.1, 0.15) is 21.6 Å². The number of carbonyl (C=O) groups is 1. The Morgan fingerprint density at radius 3 is 2.69 bits per heavy atom. The van der Waals surface area contributed by atoms with E-state index >= 15 is 0 Å². The topological polar surface area (TPSA) is 45.8 Å². The number of imidazole rings is 1. The van der Waals surface area contributed by atoms with Gasteiger partial charge in [-0.25, -0.2) is 4.98 Å². The van der Waals surface area contributed by atoms with Crippen LogP contribution in [0.2, 0.25) is 0 Å². The highest BCUT2D eigenvalue weighted by Crippen LogP contribution is 2.05. The summed E-state index contributed by atoms with van der Waals surface area (Å²) in [7, 11) is 0. The number of aromatic amines is 1. The summed E-state index contributed by atoms with van der Waals surface area (Å²) in [6.07, 6.45) is 6.50. The van der Waals surface area contributed by atoms with Gasteiger partial charge in [-0.15, -0.1) is 0 Å². The summed E-state index contributed by atoms with van der Waals surface area (Å²) in [6.45, 7) is 1.99. The van der Waals surface area contributed by atoms with Crippen LogP contribution in [0.3, 0.4) is 0 Å². The number of rotatable bonds is 3. The lowest BCUT2D eigenvalue weighted by atomic mass is 10.1. The molecule has 80 valence electrons. The molecule has 0 saturated carbocycles. The molecule has 0 saturated heterocycles. The molecule has 1 N–H and O–H groups in total. The second kappa shape index (κ2) is 4.57. The largest absolute Gasteiger partial charge is 0.345 e. The number of hydrogen-bond donors (Lipinski definition) is 1. The molecule has 1 heterocycles. The van der Waals surface area contributed by atoms with Gasteiger partial charge in [-0.3, -0.25) is 4.79 Å². The van der Waals surface area contributed by atoms with Crippen molar-refractivity contribution >= 4 is 11.9 Å². The van der Waals surface area contributed by atoms with Crippen LogP contribution in [0.5, 0.6) is 0 Å². The Balaban J connectivity index is 2.11. The van der Waals surface area contributed by atoms with Gasteiger partial charge in [-0.1, -0.05) is 29.8 Å². The average Bonchev–Trinajstić information content (AvgIpc) is 2.80. The Bertz CT molecular complexity index is 495. The first-order valence-electron chi connectivity index (χ1n) is 5.03. The molecular formula is C13H12N2O. The van der Waals surface area contributed by atoms with Crippen molar-refractivity contribution in [2.45, 2.75) is 6.92 Å². The highest BCUT2D eigenvalue weighted by atomic mass is 16.1. The number of hydrogen-bond acceptors (Lipinski definition) is 2. The maximum Gasteiger partial charge on any atom is 0.185 e. The lowest BCUT2D eigenvalue weighted by molar-refractivity contribution is 0.104. The maximum atomic E-state index is 11.7. The summed E-state index contributed by atoms with van der Waals surface area (Å²) >= 11 is 0. The molecule has 0 amide bonds. The number of H-pyrrole nitrogens is 1. The molecule has 0 atom stereocenters. The number of nitrogens with one attached hydrogen (secondary N) is 1. The molecular weight excluding hydrogens is 200 g/mol. The molecule has 0 fully saturated rings. The molecule has 1 aromatic carbocycles. The summed E-state index contributed by atoms with van der Waals surface area (Å²) in [5, 5.41) is 0. The number of ketones is 1. The third-order valence-corrected chi connectivity index (χ3v) is 2.27. The van der Waals surface area contributed by atoms with Gasteiger partial charge < -0.3 is 4.98 Å². The number of allylic oxidation sites excluding steroid dienone is 1. The Morgan fingerprint density at radius 1 is 1.31 bits per heavy atom. The predicted octanol–water partition coefficient (Wildman–Crippen LogP) is 2.61. The molecule has 0 radical (unpaired) electrons. The SMILES string of the molecule is Cc1ccc(C(=O)/C=C/c2cnc[nH]2)cc1. The summed E-state index contributed by atoms with van der Waals surface area (Å²) in [5.41, 5.74) is 2.66. The van der Waals surface area contributed by atoms with E-state index in [2.05, 4.69) is 9.97 Å². The second-order valence-electron chi connectivity index (χ2n) is 3.57. The molecule has 0 bridgehead atoms. The minimum Gasteiger partial charge on any atom is -0.345 e. The van der Waals surface area contributed by atoms with Crippen LogP contribution in [0, 0.1) is 6.92 Å². The van der Waals surface area contributed by atoms with E-state index in [0.29, 0.717) is 5.56 Å². The molecule has 0 aliphatic heterocycles. The Hall–Kier alpha value is -2.16. The van der Waals surface area contributed by atoms with Crippen molar-refractivity contribution < 1.29 is 4.79 Å². The van der Waals surface area contributed by atoms with Gasteiger partial charge in [0, 0.05) is 5.56 Å². The van der Waals surface area contributed by atoms with Gasteiger partial charge in [0.1, 0.15) is 0 Å². The molecule has 2 aromatic rings. The Kier molecular flexibility index (Phi) is 2.96. The number of benzene rings is 1. The third kappa shape index (κ3) is 2.45. The number of aromatic nitrogens is 2. The van der Waals surface area contributed by atoms with Crippen molar-refractivity contribution in [1.82, 2.24) is 9.97 Å². The fraction of sp³-hybridized carbons (Fsp3) is 0.0769. The Morgan fingerprint density at radius 2 is 2.06 bits per heavy atom. The molecule has 16 heavy (non-hydrogen) atoms.